The van der Waals surface area contributed by atoms with Crippen molar-refractivity contribution >= 4 is 58.9 Å². The van der Waals surface area contributed by atoms with Crippen molar-refractivity contribution in [1.82, 2.24) is 20.0 Å². The van der Waals surface area contributed by atoms with E-state index in [0.717, 1.165) is 26.1 Å². The molecule has 1 unspecified atom stereocenters. The van der Waals surface area contributed by atoms with Gasteiger partial charge < -0.3 is 63.3 Å². The number of carboxylic acids is 1. The summed E-state index contributed by atoms with van der Waals surface area (Å²) in [7, 11) is 5.29. The molecular formula is C60H90F2N6O15. The summed E-state index contributed by atoms with van der Waals surface area (Å²) < 4.78 is 64.7. The van der Waals surface area contributed by atoms with Crippen LogP contribution in [0.2, 0.25) is 0 Å². The van der Waals surface area contributed by atoms with E-state index in [1.165, 1.54) is 69.7 Å². The lowest BCUT2D eigenvalue weighted by atomic mass is 9.98. The van der Waals surface area contributed by atoms with Crippen LogP contribution in [0.4, 0.5) is 20.2 Å². The van der Waals surface area contributed by atoms with E-state index >= 15 is 4.39 Å². The summed E-state index contributed by atoms with van der Waals surface area (Å²) in [6.07, 6.45) is -7.66. The van der Waals surface area contributed by atoms with Crippen molar-refractivity contribution in [2.45, 2.75) is 168 Å². The third-order valence-electron chi connectivity index (χ3n) is 14.5. The molecule has 0 bridgehead atoms. The lowest BCUT2D eigenvalue weighted by Crippen LogP contribution is -2.54. The lowest BCUT2D eigenvalue weighted by Gasteiger charge is -2.35. The Morgan fingerprint density at radius 2 is 0.892 bits per heavy atom. The first-order chi connectivity index (χ1) is 38.8. The smallest absolute Gasteiger partial charge is 0.344 e. The van der Waals surface area contributed by atoms with Gasteiger partial charge in [0, 0.05) is 84.4 Å². The average molecular weight is 1170 g/mol. The van der Waals surface area contributed by atoms with Crippen LogP contribution in [0.15, 0.2) is 48.5 Å². The Balaban J connectivity index is 1.64. The Hall–Kier alpha value is -6.46. The van der Waals surface area contributed by atoms with E-state index in [9.17, 15) is 47.9 Å². The van der Waals surface area contributed by atoms with Gasteiger partial charge in [-0.2, -0.15) is 0 Å². The van der Waals surface area contributed by atoms with Crippen molar-refractivity contribution in [2.24, 2.45) is 11.8 Å². The topological polar surface area (TPSA) is 240 Å². The van der Waals surface area contributed by atoms with Crippen LogP contribution < -0.4 is 15.1 Å². The molecule has 0 saturated carbocycles. The number of likely N-dealkylation sites (N-methyl/N-ethyl adjacent to an activating group) is 4. The molecule has 0 spiro atoms. The van der Waals surface area contributed by atoms with Crippen molar-refractivity contribution in [2.75, 3.05) is 90.6 Å². The standard InChI is InChI=1S/C60H90F2N6O15/c1-37(2)31-46(64(12)52(70)49(82-55(74)45(63-11)35-59(7,8)61)33-41-15-19-43(20-16-41)67-23-27-78-28-24-67)56(75)80-39(5)51(69)66(14)48(36-60(9,10)62)58(77)83-50(34-42-17-21-44(22-18-42)68-25-29-79-30-26-68)53(71)65(13)47(32-38(3)4)57(76)81-40(6)54(72)73/h15-22,37-40,45-50,63H,23-36H2,1-14H3,(H,72,73)/t39-,40-,45+,46+,47+,48?,49-,50-/m1/s1. The Morgan fingerprint density at radius 1 is 0.542 bits per heavy atom. The molecule has 0 aliphatic carbocycles. The SMILES string of the molecule is CN[C@@H](CC(C)(C)F)C(=O)O[C@H](Cc1ccc(N2CCOCC2)cc1)C(=O)N(C)[C@@H](CC(C)C)C(=O)O[C@H](C)C(=O)N(C)C(CC(C)(C)F)C(=O)O[C@H](Cc1ccc(N2CCOCC2)cc1)C(=O)N(C)[C@@H](CC(C)C)C(=O)O[C@H](C)C(=O)O. The summed E-state index contributed by atoms with van der Waals surface area (Å²) >= 11 is 0. The Morgan fingerprint density at radius 3 is 1.24 bits per heavy atom. The summed E-state index contributed by atoms with van der Waals surface area (Å²) in [4.78, 5) is 119. The number of esters is 4. The van der Waals surface area contributed by atoms with E-state index in [-0.39, 0.29) is 43.9 Å². The summed E-state index contributed by atoms with van der Waals surface area (Å²) in [5, 5.41) is 12.3. The molecule has 2 heterocycles. The molecule has 0 radical (unpaired) electrons. The van der Waals surface area contributed by atoms with Gasteiger partial charge in [0.05, 0.1) is 26.4 Å². The molecule has 0 aromatic heterocycles. The number of ether oxygens (including phenoxy) is 6. The van der Waals surface area contributed by atoms with Gasteiger partial charge >= 0.3 is 29.8 Å². The van der Waals surface area contributed by atoms with Crippen molar-refractivity contribution in [3.05, 3.63) is 59.7 Å². The van der Waals surface area contributed by atoms with Crippen LogP contribution in [0.25, 0.3) is 0 Å². The van der Waals surface area contributed by atoms with Gasteiger partial charge in [0.2, 0.25) is 0 Å². The second kappa shape index (κ2) is 31.4. The van der Waals surface area contributed by atoms with E-state index in [1.807, 2.05) is 24.3 Å². The van der Waals surface area contributed by atoms with Crippen molar-refractivity contribution < 1.29 is 80.7 Å². The predicted molar refractivity (Wildman–Crippen MR) is 306 cm³/mol. The fraction of sp³-hybridized carbons (Fsp3) is 0.667. The van der Waals surface area contributed by atoms with Gasteiger partial charge in [0.1, 0.15) is 35.5 Å². The molecule has 2 aromatic rings. The van der Waals surface area contributed by atoms with Crippen LogP contribution in [0.3, 0.4) is 0 Å². The number of halogens is 2. The van der Waals surface area contributed by atoms with Crippen LogP contribution in [0, 0.1) is 11.8 Å². The highest BCUT2D eigenvalue weighted by Crippen LogP contribution is 2.27. The molecule has 2 aliphatic heterocycles. The van der Waals surface area contributed by atoms with Crippen LogP contribution in [0.5, 0.6) is 0 Å². The fourth-order valence-electron chi connectivity index (χ4n) is 9.71. The number of hydrogen-bond donors (Lipinski definition) is 2. The van der Waals surface area contributed by atoms with E-state index in [0.29, 0.717) is 63.7 Å². The maximum Gasteiger partial charge on any atom is 0.344 e. The van der Waals surface area contributed by atoms with Crippen LogP contribution in [-0.2, 0) is 79.6 Å². The number of nitrogens with one attached hydrogen (secondary N) is 1. The number of benzene rings is 2. The minimum Gasteiger partial charge on any atom is -0.479 e. The molecular weight excluding hydrogens is 1080 g/mol. The minimum atomic E-state index is -2.14. The third kappa shape index (κ3) is 21.6. The van der Waals surface area contributed by atoms with Crippen LogP contribution >= 0.6 is 0 Å². The Kier molecular flexibility index (Phi) is 26.2. The van der Waals surface area contributed by atoms with Gasteiger partial charge in [-0.05, 0) is 109 Å². The molecule has 2 saturated heterocycles. The van der Waals surface area contributed by atoms with Crippen LogP contribution in [-0.4, -0.2) is 208 Å². The maximum absolute atomic E-state index is 15.9. The van der Waals surface area contributed by atoms with Crippen molar-refractivity contribution in [1.29, 1.82) is 0 Å². The average Bonchev–Trinajstić information content (AvgIpc) is 3.53. The number of anilines is 2. The zero-order chi connectivity index (χ0) is 62.1. The molecule has 8 atom stereocenters. The van der Waals surface area contributed by atoms with Gasteiger partial charge in [-0.25, -0.2) is 28.0 Å². The van der Waals surface area contributed by atoms with E-state index in [4.69, 9.17) is 28.4 Å². The molecule has 21 nitrogen and oxygen atoms in total. The number of carbonyl (C=O) groups excluding carboxylic acids is 7. The van der Waals surface area contributed by atoms with Gasteiger partial charge in [-0.1, -0.05) is 52.0 Å². The number of alkyl halides is 2. The number of carbonyl (C=O) groups is 8. The number of nitrogens with zero attached hydrogens (tertiary/aromatic N) is 5. The van der Waals surface area contributed by atoms with Gasteiger partial charge in [0.15, 0.2) is 24.4 Å². The maximum atomic E-state index is 15.9. The molecule has 2 aliphatic rings. The Bertz CT molecular complexity index is 2480. The summed E-state index contributed by atoms with van der Waals surface area (Å²) in [5.74, 6) is -8.65. The van der Waals surface area contributed by atoms with Crippen molar-refractivity contribution in [3.8, 4) is 0 Å². The molecule has 2 fully saturated rings. The number of hydrogen-bond acceptors (Lipinski definition) is 17. The fourth-order valence-corrected chi connectivity index (χ4v) is 9.71. The number of morpholine rings is 2. The van der Waals surface area contributed by atoms with Crippen LogP contribution in [0.1, 0.15) is 106 Å². The zero-order valence-corrected chi connectivity index (χ0v) is 50.9. The van der Waals surface area contributed by atoms with Gasteiger partial charge in [-0.15, -0.1) is 0 Å². The minimum absolute atomic E-state index is 0.0149. The first-order valence-corrected chi connectivity index (χ1v) is 28.5. The van der Waals surface area contributed by atoms with Gasteiger partial charge in [-0.3, -0.25) is 19.2 Å². The number of carboxylic acid groups (broad SMARTS) is 1. The highest BCUT2D eigenvalue weighted by molar-refractivity contribution is 5.93. The molecule has 4 rings (SSSR count). The first kappa shape index (κ1) is 69.0. The van der Waals surface area contributed by atoms with E-state index in [2.05, 4.69) is 15.1 Å². The predicted octanol–water partition coefficient (Wildman–Crippen LogP) is 5.35. The molecule has 3 amide bonds. The first-order valence-electron chi connectivity index (χ1n) is 28.5. The molecule has 2 aromatic carbocycles. The normalized spacial score (nSPS) is 17.0. The molecule has 464 valence electrons. The zero-order valence-electron chi connectivity index (χ0n) is 50.9. The van der Waals surface area contributed by atoms with Crippen molar-refractivity contribution in [3.63, 3.8) is 0 Å². The highest BCUT2D eigenvalue weighted by Gasteiger charge is 2.43. The van der Waals surface area contributed by atoms with E-state index < -0.39 is 114 Å². The lowest BCUT2D eigenvalue weighted by molar-refractivity contribution is -0.175. The second-order valence-corrected chi connectivity index (χ2v) is 23.6. The highest BCUT2D eigenvalue weighted by atomic mass is 19.1. The Labute approximate surface area is 487 Å². The quantitative estimate of drug-likeness (QED) is 0.0740. The summed E-state index contributed by atoms with van der Waals surface area (Å²) in [5.41, 5.74) is -0.978. The number of aliphatic carboxylic acids is 1. The number of amides is 3. The summed E-state index contributed by atoms with van der Waals surface area (Å²) in [6, 6.07) is 8.94. The monoisotopic (exact) mass is 1170 g/mol. The second-order valence-electron chi connectivity index (χ2n) is 23.6. The largest absolute Gasteiger partial charge is 0.479 e. The van der Waals surface area contributed by atoms with E-state index in [1.54, 1.807) is 52.0 Å². The summed E-state index contributed by atoms with van der Waals surface area (Å²) in [6.45, 7) is 19.4. The molecule has 2 N–H and O–H groups in total. The third-order valence-corrected chi connectivity index (χ3v) is 14.5. The number of rotatable bonds is 30. The molecule has 83 heavy (non-hydrogen) atoms. The molecule has 23 heteroatoms. The van der Waals surface area contributed by atoms with Gasteiger partial charge in [0.25, 0.3) is 17.7 Å².